The van der Waals surface area contributed by atoms with E-state index in [9.17, 15) is 13.6 Å². The highest BCUT2D eigenvalue weighted by Crippen LogP contribution is 2.42. The van der Waals surface area contributed by atoms with Crippen molar-refractivity contribution in [2.45, 2.75) is 19.3 Å². The minimum Gasteiger partial charge on any atom is -0.395 e. The second kappa shape index (κ2) is 9.42. The second-order valence-corrected chi connectivity index (χ2v) is 8.56. The lowest BCUT2D eigenvalue weighted by molar-refractivity contribution is 0.0940. The Hall–Kier alpha value is -3.85. The van der Waals surface area contributed by atoms with Crippen LogP contribution in [-0.2, 0) is 13.5 Å². The summed E-state index contributed by atoms with van der Waals surface area (Å²) < 4.78 is 30.0. The van der Waals surface area contributed by atoms with Crippen molar-refractivity contribution < 1.29 is 18.7 Å². The summed E-state index contributed by atoms with van der Waals surface area (Å²) in [6.45, 7) is 0.520. The molecule has 9 heteroatoms. The maximum absolute atomic E-state index is 14.2. The molecule has 0 radical (unpaired) electrons. The molecule has 0 saturated carbocycles. The predicted octanol–water partition coefficient (Wildman–Crippen LogP) is 4.38. The maximum atomic E-state index is 14.2. The molecular formula is C26H25F2N5O2. The van der Waals surface area contributed by atoms with E-state index in [1.54, 1.807) is 36.3 Å². The standard InChI is InChI=1S/C26H25F2N5O2/c1-32-15-18(14-30-32)20-11-17-6-4-9-33(23(17)13-21(20)24(27)28)25-19-7-3-2-5-16(19)12-22(31-25)26(35)29-8-10-34/h2-3,5,7,11-15,24,34H,4,6,8-10H2,1H3,(H,29,35). The Morgan fingerprint density at radius 1 is 1.23 bits per heavy atom. The molecule has 35 heavy (non-hydrogen) atoms. The third kappa shape index (κ3) is 4.35. The van der Waals surface area contributed by atoms with E-state index in [0.717, 1.165) is 29.2 Å². The number of alkyl halides is 2. The van der Waals surface area contributed by atoms with Crippen molar-refractivity contribution >= 4 is 28.2 Å². The number of halogens is 2. The van der Waals surface area contributed by atoms with Gasteiger partial charge in [0.05, 0.1) is 12.8 Å². The van der Waals surface area contributed by atoms with E-state index in [2.05, 4.69) is 15.4 Å². The van der Waals surface area contributed by atoms with Gasteiger partial charge in [0.2, 0.25) is 0 Å². The number of benzene rings is 2. The molecule has 0 fully saturated rings. The Morgan fingerprint density at radius 2 is 2.06 bits per heavy atom. The molecule has 0 bridgehead atoms. The molecule has 0 atom stereocenters. The number of hydrogen-bond donors (Lipinski definition) is 2. The van der Waals surface area contributed by atoms with Crippen molar-refractivity contribution in [2.75, 3.05) is 24.6 Å². The number of aryl methyl sites for hydroxylation is 2. The molecule has 0 unspecified atom stereocenters. The number of pyridine rings is 1. The first-order valence-electron chi connectivity index (χ1n) is 11.5. The van der Waals surface area contributed by atoms with Gasteiger partial charge in [-0.2, -0.15) is 5.10 Å². The first-order chi connectivity index (χ1) is 17.0. The van der Waals surface area contributed by atoms with Gasteiger partial charge in [0.15, 0.2) is 0 Å². The molecule has 1 amide bonds. The zero-order chi connectivity index (χ0) is 24.5. The lowest BCUT2D eigenvalue weighted by Gasteiger charge is -2.32. The number of carbonyl (C=O) groups excluding carboxylic acids is 1. The number of nitrogens with one attached hydrogen (secondary N) is 1. The van der Waals surface area contributed by atoms with Crippen LogP contribution in [0.5, 0.6) is 0 Å². The van der Waals surface area contributed by atoms with Crippen molar-refractivity contribution in [1.82, 2.24) is 20.1 Å². The molecule has 7 nitrogen and oxygen atoms in total. The quantitative estimate of drug-likeness (QED) is 0.431. The van der Waals surface area contributed by atoms with Gasteiger partial charge in [-0.1, -0.05) is 24.3 Å². The molecule has 1 aliphatic heterocycles. The highest BCUT2D eigenvalue weighted by molar-refractivity contribution is 6.01. The van der Waals surface area contributed by atoms with Crippen molar-refractivity contribution in [1.29, 1.82) is 0 Å². The molecule has 0 spiro atoms. The number of carbonyl (C=O) groups is 1. The fourth-order valence-corrected chi connectivity index (χ4v) is 4.62. The number of aromatic nitrogens is 3. The number of rotatable bonds is 6. The number of fused-ring (bicyclic) bond motifs is 2. The molecule has 3 heterocycles. The van der Waals surface area contributed by atoms with E-state index in [1.165, 1.54) is 0 Å². The van der Waals surface area contributed by atoms with Crippen LogP contribution in [0.15, 0.2) is 54.9 Å². The first-order valence-corrected chi connectivity index (χ1v) is 11.5. The van der Waals surface area contributed by atoms with Gasteiger partial charge in [0.25, 0.3) is 12.3 Å². The number of anilines is 2. The minimum atomic E-state index is -2.67. The third-order valence-corrected chi connectivity index (χ3v) is 6.23. The average Bonchev–Trinajstić information content (AvgIpc) is 3.31. The number of nitrogens with zero attached hydrogens (tertiary/aromatic N) is 4. The van der Waals surface area contributed by atoms with Crippen LogP contribution in [-0.4, -0.2) is 45.5 Å². The van der Waals surface area contributed by atoms with Crippen LogP contribution in [0.2, 0.25) is 0 Å². The Labute approximate surface area is 201 Å². The molecular weight excluding hydrogens is 452 g/mol. The predicted molar refractivity (Wildman–Crippen MR) is 130 cm³/mol. The average molecular weight is 478 g/mol. The summed E-state index contributed by atoms with van der Waals surface area (Å²) in [6, 6.07) is 12.7. The fourth-order valence-electron chi connectivity index (χ4n) is 4.62. The highest BCUT2D eigenvalue weighted by Gasteiger charge is 2.27. The lowest BCUT2D eigenvalue weighted by atomic mass is 9.93. The van der Waals surface area contributed by atoms with Gasteiger partial charge >= 0.3 is 0 Å². The normalized spacial score (nSPS) is 13.3. The lowest BCUT2D eigenvalue weighted by Crippen LogP contribution is -2.29. The first kappa shape index (κ1) is 22.9. The third-order valence-electron chi connectivity index (χ3n) is 6.23. The maximum Gasteiger partial charge on any atom is 0.270 e. The summed E-state index contributed by atoms with van der Waals surface area (Å²) in [6.07, 6.45) is 2.22. The molecule has 0 aliphatic carbocycles. The van der Waals surface area contributed by atoms with E-state index in [-0.39, 0.29) is 24.4 Å². The largest absolute Gasteiger partial charge is 0.395 e. The van der Waals surface area contributed by atoms with Crippen molar-refractivity contribution in [3.63, 3.8) is 0 Å². The summed E-state index contributed by atoms with van der Waals surface area (Å²) in [7, 11) is 1.76. The van der Waals surface area contributed by atoms with Gasteiger partial charge in [0, 0.05) is 48.5 Å². The molecule has 180 valence electrons. The van der Waals surface area contributed by atoms with Gasteiger partial charge in [-0.05, 0) is 47.6 Å². The van der Waals surface area contributed by atoms with Gasteiger partial charge < -0.3 is 15.3 Å². The molecule has 2 aromatic carbocycles. The fraction of sp³-hybridized carbons (Fsp3) is 0.269. The summed E-state index contributed by atoms with van der Waals surface area (Å²) in [5.74, 6) is 0.149. The van der Waals surface area contributed by atoms with E-state index in [1.807, 2.05) is 35.2 Å². The second-order valence-electron chi connectivity index (χ2n) is 8.56. The molecule has 0 saturated heterocycles. The topological polar surface area (TPSA) is 83.3 Å². The zero-order valence-corrected chi connectivity index (χ0v) is 19.2. The summed E-state index contributed by atoms with van der Waals surface area (Å²) in [5, 5.41) is 17.5. The van der Waals surface area contributed by atoms with E-state index in [4.69, 9.17) is 5.11 Å². The number of aliphatic hydroxyl groups excluding tert-OH is 1. The van der Waals surface area contributed by atoms with Gasteiger partial charge in [-0.3, -0.25) is 9.48 Å². The van der Waals surface area contributed by atoms with Crippen LogP contribution >= 0.6 is 0 Å². The molecule has 5 rings (SSSR count). The Kier molecular flexibility index (Phi) is 6.17. The van der Waals surface area contributed by atoms with Crippen molar-refractivity contribution in [3.05, 3.63) is 71.7 Å². The van der Waals surface area contributed by atoms with Crippen LogP contribution in [0.3, 0.4) is 0 Å². The summed E-state index contributed by atoms with van der Waals surface area (Å²) in [4.78, 5) is 19.3. The van der Waals surface area contributed by atoms with Crippen LogP contribution in [0.1, 0.15) is 34.5 Å². The molecule has 4 aromatic rings. The van der Waals surface area contributed by atoms with E-state index < -0.39 is 12.3 Å². The molecule has 2 aromatic heterocycles. The molecule has 1 aliphatic rings. The molecule has 2 N–H and O–H groups in total. The number of hydrogen-bond acceptors (Lipinski definition) is 5. The van der Waals surface area contributed by atoms with Crippen LogP contribution in [0.4, 0.5) is 20.3 Å². The Balaban J connectivity index is 1.67. The van der Waals surface area contributed by atoms with Gasteiger partial charge in [-0.15, -0.1) is 0 Å². The van der Waals surface area contributed by atoms with Crippen LogP contribution in [0.25, 0.3) is 21.9 Å². The number of aliphatic hydroxyl groups is 1. The van der Waals surface area contributed by atoms with Crippen LogP contribution < -0.4 is 10.2 Å². The number of amides is 1. The monoisotopic (exact) mass is 477 g/mol. The zero-order valence-electron chi connectivity index (χ0n) is 19.2. The summed E-state index contributed by atoms with van der Waals surface area (Å²) in [5.41, 5.74) is 2.88. The Morgan fingerprint density at radius 3 is 2.80 bits per heavy atom. The van der Waals surface area contributed by atoms with Gasteiger partial charge in [-0.25, -0.2) is 13.8 Å². The van der Waals surface area contributed by atoms with Crippen LogP contribution in [0, 0.1) is 0 Å². The minimum absolute atomic E-state index is 0.0650. The van der Waals surface area contributed by atoms with Crippen molar-refractivity contribution in [2.24, 2.45) is 7.05 Å². The van der Waals surface area contributed by atoms with Gasteiger partial charge in [0.1, 0.15) is 11.5 Å². The summed E-state index contributed by atoms with van der Waals surface area (Å²) >= 11 is 0. The van der Waals surface area contributed by atoms with Crippen molar-refractivity contribution in [3.8, 4) is 11.1 Å². The Bertz CT molecular complexity index is 1400. The highest BCUT2D eigenvalue weighted by atomic mass is 19.3. The SMILES string of the molecule is Cn1cc(-c2cc3c(cc2C(F)F)N(c2nc(C(=O)NCCO)cc4ccccc24)CCC3)cn1. The smallest absolute Gasteiger partial charge is 0.270 e. The van der Waals surface area contributed by atoms with E-state index in [0.29, 0.717) is 29.2 Å². The van der Waals surface area contributed by atoms with E-state index >= 15 is 0 Å².